The number of anilines is 1. The first-order valence-corrected chi connectivity index (χ1v) is 9.44. The number of aromatic nitrogens is 3. The lowest BCUT2D eigenvalue weighted by Gasteiger charge is -2.14. The summed E-state index contributed by atoms with van der Waals surface area (Å²) in [6.45, 7) is 1.28. The van der Waals surface area contributed by atoms with Crippen molar-refractivity contribution in [3.05, 3.63) is 52.9 Å². The molecule has 0 amide bonds. The van der Waals surface area contributed by atoms with Crippen LogP contribution in [0.5, 0.6) is 0 Å². The Labute approximate surface area is 160 Å². The number of halogens is 1. The Hall–Kier alpha value is -1.96. The van der Waals surface area contributed by atoms with E-state index in [2.05, 4.69) is 67.0 Å². The van der Waals surface area contributed by atoms with Crippen LogP contribution in [0, 0.1) is 0 Å². The Bertz CT molecular complexity index is 864. The van der Waals surface area contributed by atoms with Gasteiger partial charge in [-0.1, -0.05) is 30.3 Å². The zero-order valence-corrected chi connectivity index (χ0v) is 16.2. The van der Waals surface area contributed by atoms with Crippen LogP contribution in [0.2, 0.25) is 0 Å². The molecule has 0 spiro atoms. The second kappa shape index (κ2) is 8.16. The number of aliphatic hydroxyl groups is 2. The molecule has 1 saturated carbocycles. The standard InChI is InChI=1S/C17H17BrN4.C2H6O2/c18-14-9-22(17-15(14)16(19)20-10-21-17)13-7-6-12(8-13)11-4-2-1-3-5-11;1-2(3)4/h1-5,9-10,12-13H,6-8H2,(H2,19,20,21);2-4H,1H3. The largest absolute Gasteiger partial charge is 0.383 e. The predicted molar refractivity (Wildman–Crippen MR) is 106 cm³/mol. The number of nitrogens with zero attached hydrogens (tertiary/aromatic N) is 3. The maximum absolute atomic E-state index is 7.61. The molecule has 26 heavy (non-hydrogen) atoms. The summed E-state index contributed by atoms with van der Waals surface area (Å²) in [5.74, 6) is 1.16. The molecule has 4 N–H and O–H groups in total. The molecule has 1 aromatic carbocycles. The van der Waals surface area contributed by atoms with E-state index >= 15 is 0 Å². The van der Waals surface area contributed by atoms with Crippen LogP contribution in [0.25, 0.3) is 11.0 Å². The van der Waals surface area contributed by atoms with E-state index < -0.39 is 6.29 Å². The van der Waals surface area contributed by atoms with Crippen molar-refractivity contribution in [1.29, 1.82) is 0 Å². The molecular weight excluding hydrogens is 396 g/mol. The molecule has 138 valence electrons. The Morgan fingerprint density at radius 2 is 1.88 bits per heavy atom. The Kier molecular flexibility index (Phi) is 5.90. The van der Waals surface area contributed by atoms with E-state index in [0.717, 1.165) is 21.9 Å². The highest BCUT2D eigenvalue weighted by molar-refractivity contribution is 9.10. The monoisotopic (exact) mass is 418 g/mol. The van der Waals surface area contributed by atoms with E-state index in [1.807, 2.05) is 0 Å². The van der Waals surface area contributed by atoms with Gasteiger partial charge in [0.05, 0.1) is 5.39 Å². The first-order chi connectivity index (χ1) is 12.5. The van der Waals surface area contributed by atoms with Gasteiger partial charge >= 0.3 is 0 Å². The van der Waals surface area contributed by atoms with Gasteiger partial charge in [0, 0.05) is 16.7 Å². The lowest BCUT2D eigenvalue weighted by atomic mass is 9.98. The van der Waals surface area contributed by atoms with Crippen molar-refractivity contribution in [1.82, 2.24) is 14.5 Å². The average molecular weight is 419 g/mol. The molecule has 4 rings (SSSR count). The lowest BCUT2D eigenvalue weighted by molar-refractivity contribution is -0.0228. The van der Waals surface area contributed by atoms with Crippen molar-refractivity contribution in [2.45, 2.75) is 44.4 Å². The second-order valence-electron chi connectivity index (χ2n) is 6.55. The smallest absolute Gasteiger partial charge is 0.148 e. The summed E-state index contributed by atoms with van der Waals surface area (Å²) in [7, 11) is 0. The fourth-order valence-corrected chi connectivity index (χ4v) is 4.18. The molecule has 0 radical (unpaired) electrons. The minimum absolute atomic E-state index is 0.466. The molecule has 3 aromatic rings. The van der Waals surface area contributed by atoms with Gasteiger partial charge in [0.15, 0.2) is 0 Å². The van der Waals surface area contributed by atoms with Crippen molar-refractivity contribution in [2.24, 2.45) is 0 Å². The van der Waals surface area contributed by atoms with Crippen molar-refractivity contribution in [3.8, 4) is 0 Å². The fourth-order valence-electron chi connectivity index (χ4n) is 3.58. The number of fused-ring (bicyclic) bond motifs is 1. The van der Waals surface area contributed by atoms with E-state index in [9.17, 15) is 0 Å². The third-order valence-electron chi connectivity index (χ3n) is 4.66. The number of nitrogen functional groups attached to an aromatic ring is 1. The normalized spacial score (nSPS) is 19.6. The van der Waals surface area contributed by atoms with Crippen molar-refractivity contribution >= 4 is 32.8 Å². The molecule has 2 atom stereocenters. The van der Waals surface area contributed by atoms with Crippen LogP contribution in [0.1, 0.15) is 43.7 Å². The van der Waals surface area contributed by atoms with E-state index in [1.165, 1.54) is 25.3 Å². The van der Waals surface area contributed by atoms with Crippen LogP contribution < -0.4 is 5.73 Å². The molecule has 1 aliphatic rings. The first kappa shape index (κ1) is 18.8. The van der Waals surface area contributed by atoms with E-state index in [-0.39, 0.29) is 0 Å². The maximum Gasteiger partial charge on any atom is 0.148 e. The molecule has 0 bridgehead atoms. The van der Waals surface area contributed by atoms with Crippen LogP contribution in [-0.2, 0) is 0 Å². The summed E-state index contributed by atoms with van der Waals surface area (Å²) in [6, 6.07) is 11.3. The molecule has 2 unspecified atom stereocenters. The first-order valence-electron chi connectivity index (χ1n) is 8.65. The highest BCUT2D eigenvalue weighted by atomic mass is 79.9. The van der Waals surface area contributed by atoms with Gasteiger partial charge < -0.3 is 20.5 Å². The number of hydrogen-bond donors (Lipinski definition) is 3. The third-order valence-corrected chi connectivity index (χ3v) is 5.26. The summed E-state index contributed by atoms with van der Waals surface area (Å²) < 4.78 is 3.24. The highest BCUT2D eigenvalue weighted by Gasteiger charge is 2.28. The van der Waals surface area contributed by atoms with Crippen LogP contribution in [-0.4, -0.2) is 31.0 Å². The van der Waals surface area contributed by atoms with E-state index in [1.54, 1.807) is 6.33 Å². The number of rotatable bonds is 2. The summed E-state index contributed by atoms with van der Waals surface area (Å²) in [6.07, 6.45) is 6.01. The van der Waals surface area contributed by atoms with Gasteiger partial charge in [-0.05, 0) is 53.6 Å². The number of nitrogens with two attached hydrogens (primary N) is 1. The molecule has 1 fully saturated rings. The van der Waals surface area contributed by atoms with Crippen molar-refractivity contribution in [2.75, 3.05) is 5.73 Å². The molecular formula is C19H23BrN4O2. The minimum Gasteiger partial charge on any atom is -0.383 e. The topological polar surface area (TPSA) is 97.2 Å². The minimum atomic E-state index is -1.17. The lowest BCUT2D eigenvalue weighted by Crippen LogP contribution is -2.05. The van der Waals surface area contributed by atoms with Gasteiger partial charge in [-0.15, -0.1) is 0 Å². The highest BCUT2D eigenvalue weighted by Crippen LogP contribution is 2.43. The third kappa shape index (κ3) is 4.06. The molecule has 6 nitrogen and oxygen atoms in total. The molecule has 1 aliphatic carbocycles. The summed E-state index contributed by atoms with van der Waals surface area (Å²) in [4.78, 5) is 8.54. The van der Waals surface area contributed by atoms with Gasteiger partial charge in [-0.2, -0.15) is 0 Å². The Balaban J connectivity index is 0.000000447. The van der Waals surface area contributed by atoms with Gasteiger partial charge in [0.25, 0.3) is 0 Å². The van der Waals surface area contributed by atoms with Gasteiger partial charge in [0.2, 0.25) is 0 Å². The molecule has 0 aliphatic heterocycles. The van der Waals surface area contributed by atoms with Gasteiger partial charge in [0.1, 0.15) is 24.1 Å². The Morgan fingerprint density at radius 3 is 2.58 bits per heavy atom. The van der Waals surface area contributed by atoms with Gasteiger partial charge in [-0.3, -0.25) is 0 Å². The van der Waals surface area contributed by atoms with Crippen molar-refractivity contribution < 1.29 is 10.2 Å². The average Bonchev–Trinajstić information content (AvgIpc) is 3.21. The summed E-state index contributed by atoms with van der Waals surface area (Å²) in [5, 5.41) is 16.1. The molecule has 0 saturated heterocycles. The Morgan fingerprint density at radius 1 is 1.19 bits per heavy atom. The predicted octanol–water partition coefficient (Wildman–Crippen LogP) is 3.60. The molecule has 2 heterocycles. The number of hydrogen-bond acceptors (Lipinski definition) is 5. The number of aliphatic hydroxyl groups excluding tert-OH is 1. The zero-order valence-electron chi connectivity index (χ0n) is 14.6. The molecule has 7 heteroatoms. The van der Waals surface area contributed by atoms with Crippen LogP contribution >= 0.6 is 15.9 Å². The van der Waals surface area contributed by atoms with Crippen LogP contribution in [0.15, 0.2) is 47.3 Å². The van der Waals surface area contributed by atoms with Crippen LogP contribution in [0.4, 0.5) is 5.82 Å². The maximum atomic E-state index is 7.61. The molecule has 2 aromatic heterocycles. The van der Waals surface area contributed by atoms with Gasteiger partial charge in [-0.25, -0.2) is 9.97 Å². The fraction of sp³-hybridized carbons (Fsp3) is 0.368. The quantitative estimate of drug-likeness (QED) is 0.552. The summed E-state index contributed by atoms with van der Waals surface area (Å²) >= 11 is 3.59. The zero-order chi connectivity index (χ0) is 18.7. The second-order valence-corrected chi connectivity index (χ2v) is 7.40. The SMILES string of the molecule is CC(O)O.Nc1ncnc2c1c(Br)cn2C1CCC(c2ccccc2)C1. The van der Waals surface area contributed by atoms with Crippen LogP contribution in [0.3, 0.4) is 0 Å². The van der Waals surface area contributed by atoms with E-state index in [4.69, 9.17) is 15.9 Å². The van der Waals surface area contributed by atoms with E-state index in [0.29, 0.717) is 17.8 Å². The van der Waals surface area contributed by atoms with Crippen molar-refractivity contribution in [3.63, 3.8) is 0 Å². The number of benzene rings is 1. The summed E-state index contributed by atoms with van der Waals surface area (Å²) in [5.41, 5.74) is 8.36.